The first-order chi connectivity index (χ1) is 13.9. The average molecular weight is 441 g/mol. The molecule has 29 heavy (non-hydrogen) atoms. The van der Waals surface area contributed by atoms with Crippen LogP contribution in [0.4, 0.5) is 0 Å². The SMILES string of the molecule is NC(=O)CCCC=CC[C@@H]1C(COC(=S)NCc2cccc(Cl)c2)[C@H](O)C[C@@H]1O. The van der Waals surface area contributed by atoms with E-state index in [4.69, 9.17) is 34.3 Å². The summed E-state index contributed by atoms with van der Waals surface area (Å²) in [4.78, 5) is 10.7. The number of benzene rings is 1. The molecule has 1 aromatic rings. The van der Waals surface area contributed by atoms with Crippen molar-refractivity contribution in [2.24, 2.45) is 17.6 Å². The molecular formula is C21H29ClN2O4S. The van der Waals surface area contributed by atoms with Crippen molar-refractivity contribution in [3.63, 3.8) is 0 Å². The number of ether oxygens (including phenoxy) is 1. The Bertz CT molecular complexity index is 716. The van der Waals surface area contributed by atoms with Crippen LogP contribution in [0.15, 0.2) is 36.4 Å². The van der Waals surface area contributed by atoms with Crippen molar-refractivity contribution in [2.75, 3.05) is 6.61 Å². The molecule has 0 aromatic heterocycles. The van der Waals surface area contributed by atoms with Crippen molar-refractivity contribution in [1.82, 2.24) is 5.32 Å². The Kier molecular flexibility index (Phi) is 9.87. The van der Waals surface area contributed by atoms with Crippen molar-refractivity contribution in [1.29, 1.82) is 0 Å². The van der Waals surface area contributed by atoms with Gasteiger partial charge in [-0.05, 0) is 61.5 Å². The molecule has 160 valence electrons. The summed E-state index contributed by atoms with van der Waals surface area (Å²) in [5.74, 6) is -0.607. The van der Waals surface area contributed by atoms with Crippen LogP contribution in [0.5, 0.6) is 0 Å². The third-order valence-electron chi connectivity index (χ3n) is 5.12. The Balaban J connectivity index is 1.76. The summed E-state index contributed by atoms with van der Waals surface area (Å²) in [7, 11) is 0. The van der Waals surface area contributed by atoms with Crippen LogP contribution in [-0.2, 0) is 16.1 Å². The van der Waals surface area contributed by atoms with E-state index < -0.39 is 12.2 Å². The number of hydrogen-bond acceptors (Lipinski definition) is 5. The van der Waals surface area contributed by atoms with Crippen LogP contribution >= 0.6 is 23.8 Å². The molecule has 8 heteroatoms. The van der Waals surface area contributed by atoms with Crippen LogP contribution in [0, 0.1) is 11.8 Å². The predicted molar refractivity (Wildman–Crippen MR) is 117 cm³/mol. The van der Waals surface area contributed by atoms with Crippen molar-refractivity contribution >= 4 is 34.9 Å². The summed E-state index contributed by atoms with van der Waals surface area (Å²) in [6.45, 7) is 0.729. The Hall–Kier alpha value is -1.67. The van der Waals surface area contributed by atoms with Gasteiger partial charge < -0.3 is 26.0 Å². The van der Waals surface area contributed by atoms with Crippen LogP contribution in [0.2, 0.25) is 5.02 Å². The highest BCUT2D eigenvalue weighted by Gasteiger charge is 2.41. The molecule has 0 saturated heterocycles. The Labute approximate surface area is 182 Å². The molecule has 5 N–H and O–H groups in total. The number of nitrogens with one attached hydrogen (secondary N) is 1. The third kappa shape index (κ3) is 8.30. The zero-order valence-electron chi connectivity index (χ0n) is 16.3. The lowest BCUT2D eigenvalue weighted by Gasteiger charge is -2.23. The maximum absolute atomic E-state index is 10.7. The van der Waals surface area contributed by atoms with Gasteiger partial charge in [-0.1, -0.05) is 35.9 Å². The molecular weight excluding hydrogens is 412 g/mol. The van der Waals surface area contributed by atoms with E-state index in [1.807, 2.05) is 30.4 Å². The molecule has 2 rings (SSSR count). The minimum Gasteiger partial charge on any atom is -0.471 e. The van der Waals surface area contributed by atoms with E-state index in [0.29, 0.717) is 37.3 Å². The zero-order valence-corrected chi connectivity index (χ0v) is 17.9. The number of thiocarbonyl (C=S) groups is 1. The number of carbonyl (C=O) groups is 1. The van der Waals surface area contributed by atoms with Gasteiger partial charge in [-0.2, -0.15) is 0 Å². The molecule has 1 aliphatic carbocycles. The molecule has 0 bridgehead atoms. The first kappa shape index (κ1) is 23.6. The highest BCUT2D eigenvalue weighted by atomic mass is 35.5. The second-order valence-corrected chi connectivity index (χ2v) is 8.15. The second kappa shape index (κ2) is 12.1. The lowest BCUT2D eigenvalue weighted by Crippen LogP contribution is -2.31. The quantitative estimate of drug-likeness (QED) is 0.253. The second-order valence-electron chi connectivity index (χ2n) is 7.35. The number of hydrogen-bond donors (Lipinski definition) is 4. The van der Waals surface area contributed by atoms with Crippen LogP contribution < -0.4 is 11.1 Å². The van der Waals surface area contributed by atoms with Crippen LogP contribution in [0.25, 0.3) is 0 Å². The number of rotatable bonds is 10. The maximum atomic E-state index is 10.7. The van der Waals surface area contributed by atoms with E-state index in [2.05, 4.69) is 5.32 Å². The smallest absolute Gasteiger partial charge is 0.256 e. The molecule has 4 atom stereocenters. The minimum absolute atomic E-state index is 0.104. The standard InChI is InChI=1S/C21H29ClN2O4S/c22-15-7-5-6-14(10-15)12-24-21(29)28-13-17-16(18(25)11-19(17)26)8-3-1-2-4-9-20(23)27/h1,3,5-7,10,16-19,25-26H,2,4,8-9,11-13H2,(H2,23,27)(H,24,29)/t16-,17?,18+,19-/m1/s1. The van der Waals surface area contributed by atoms with E-state index in [9.17, 15) is 15.0 Å². The Morgan fingerprint density at radius 1 is 1.31 bits per heavy atom. The summed E-state index contributed by atoms with van der Waals surface area (Å²) in [6, 6.07) is 7.45. The summed E-state index contributed by atoms with van der Waals surface area (Å²) < 4.78 is 5.64. The summed E-state index contributed by atoms with van der Waals surface area (Å²) >= 11 is 11.2. The van der Waals surface area contributed by atoms with Gasteiger partial charge in [0.2, 0.25) is 5.91 Å². The van der Waals surface area contributed by atoms with Gasteiger partial charge >= 0.3 is 0 Å². The molecule has 0 spiro atoms. The van der Waals surface area contributed by atoms with E-state index in [-0.39, 0.29) is 29.5 Å². The van der Waals surface area contributed by atoms with Crippen LogP contribution in [-0.4, -0.2) is 40.1 Å². The summed E-state index contributed by atoms with van der Waals surface area (Å²) in [5.41, 5.74) is 6.10. The van der Waals surface area contributed by atoms with Gasteiger partial charge in [0.25, 0.3) is 5.17 Å². The zero-order chi connectivity index (χ0) is 21.2. The number of aliphatic hydroxyl groups is 2. The van der Waals surface area contributed by atoms with Crippen molar-refractivity contribution in [3.8, 4) is 0 Å². The predicted octanol–water partition coefficient (Wildman–Crippen LogP) is 2.69. The number of aliphatic hydroxyl groups excluding tert-OH is 2. The third-order valence-corrected chi connectivity index (χ3v) is 5.62. The van der Waals surface area contributed by atoms with Gasteiger partial charge in [0.15, 0.2) is 0 Å². The number of nitrogens with two attached hydrogens (primary N) is 1. The van der Waals surface area contributed by atoms with Crippen LogP contribution in [0.1, 0.15) is 37.7 Å². The number of allylic oxidation sites excluding steroid dienone is 2. The van der Waals surface area contributed by atoms with Crippen molar-refractivity contribution < 1.29 is 19.7 Å². The van der Waals surface area contributed by atoms with Gasteiger partial charge in [0.05, 0.1) is 18.8 Å². The monoisotopic (exact) mass is 440 g/mol. The number of carbonyl (C=O) groups excluding carboxylic acids is 1. The fourth-order valence-corrected chi connectivity index (χ4v) is 3.90. The fourth-order valence-electron chi connectivity index (χ4n) is 3.54. The Morgan fingerprint density at radius 2 is 2.07 bits per heavy atom. The molecule has 0 aliphatic heterocycles. The number of halogens is 1. The normalized spacial score (nSPS) is 24.0. The van der Waals surface area contributed by atoms with E-state index in [0.717, 1.165) is 12.0 Å². The first-order valence-electron chi connectivity index (χ1n) is 9.81. The van der Waals surface area contributed by atoms with Gasteiger partial charge in [-0.15, -0.1) is 0 Å². The van der Waals surface area contributed by atoms with E-state index >= 15 is 0 Å². The van der Waals surface area contributed by atoms with E-state index in [1.165, 1.54) is 0 Å². The van der Waals surface area contributed by atoms with E-state index in [1.54, 1.807) is 6.07 Å². The van der Waals surface area contributed by atoms with Crippen molar-refractivity contribution in [3.05, 3.63) is 47.0 Å². The summed E-state index contributed by atoms with van der Waals surface area (Å²) in [5, 5.41) is 24.5. The molecule has 1 aromatic carbocycles. The molecule has 0 heterocycles. The fraction of sp³-hybridized carbons (Fsp3) is 0.524. The highest BCUT2D eigenvalue weighted by molar-refractivity contribution is 7.80. The number of amides is 1. The average Bonchev–Trinajstić information content (AvgIpc) is 2.93. The molecule has 1 aliphatic rings. The lowest BCUT2D eigenvalue weighted by atomic mass is 9.91. The minimum atomic E-state index is -0.631. The first-order valence-corrected chi connectivity index (χ1v) is 10.6. The van der Waals surface area contributed by atoms with Gasteiger partial charge in [0, 0.05) is 23.9 Å². The Morgan fingerprint density at radius 3 is 2.79 bits per heavy atom. The van der Waals surface area contributed by atoms with Gasteiger partial charge in [-0.25, -0.2) is 0 Å². The lowest BCUT2D eigenvalue weighted by molar-refractivity contribution is -0.118. The molecule has 1 fully saturated rings. The molecule has 1 amide bonds. The van der Waals surface area contributed by atoms with Crippen molar-refractivity contribution in [2.45, 2.75) is 50.9 Å². The molecule has 6 nitrogen and oxygen atoms in total. The van der Waals surface area contributed by atoms with Crippen LogP contribution in [0.3, 0.4) is 0 Å². The molecule has 0 radical (unpaired) electrons. The number of primary amides is 1. The van der Waals surface area contributed by atoms with Gasteiger partial charge in [-0.3, -0.25) is 4.79 Å². The maximum Gasteiger partial charge on any atom is 0.256 e. The molecule has 1 unspecified atom stereocenters. The van der Waals surface area contributed by atoms with Gasteiger partial charge in [0.1, 0.15) is 0 Å². The summed E-state index contributed by atoms with van der Waals surface area (Å²) in [6.07, 6.45) is 5.54. The molecule has 1 saturated carbocycles. The topological polar surface area (TPSA) is 105 Å². The largest absolute Gasteiger partial charge is 0.471 e. The highest BCUT2D eigenvalue weighted by Crippen LogP contribution is 2.35. The number of unbranched alkanes of at least 4 members (excludes halogenated alkanes) is 1.